The average molecular weight is 321 g/mol. The molecule has 0 N–H and O–H groups in total. The van der Waals surface area contributed by atoms with Crippen LogP contribution in [-0.4, -0.2) is 45.9 Å². The lowest BCUT2D eigenvalue weighted by Gasteiger charge is -2.12. The number of rotatable bonds is 7. The molecule has 0 saturated carbocycles. The molecular formula is C12H12FN7O3. The van der Waals surface area contributed by atoms with Crippen LogP contribution < -0.4 is 4.74 Å². The summed E-state index contributed by atoms with van der Waals surface area (Å²) in [5.74, 6) is -1.37. The van der Waals surface area contributed by atoms with Gasteiger partial charge in [-0.25, -0.2) is 9.18 Å². The summed E-state index contributed by atoms with van der Waals surface area (Å²) in [6, 6.07) is 3.10. The van der Waals surface area contributed by atoms with Crippen molar-refractivity contribution in [3.63, 3.8) is 0 Å². The topological polar surface area (TPSA) is 128 Å². The van der Waals surface area contributed by atoms with Crippen molar-refractivity contribution in [2.45, 2.75) is 12.6 Å². The minimum atomic E-state index is -0.779. The van der Waals surface area contributed by atoms with Gasteiger partial charge in [0.15, 0.2) is 6.33 Å². The summed E-state index contributed by atoms with van der Waals surface area (Å²) in [4.78, 5) is 15.2. The highest BCUT2D eigenvalue weighted by Crippen LogP contribution is 2.18. The first-order chi connectivity index (χ1) is 11.1. The standard InChI is InChI=1S/C12H12FN7O3/c1-22-12(21)10-3-2-9(4-11(10)13)23-6-8(17-18-14)5-20-16-7-15-19-20/h2-4,7-8H,5-6H2,1H3/t8-/m1/s1. The van der Waals surface area contributed by atoms with E-state index in [2.05, 4.69) is 30.2 Å². The number of azide groups is 1. The number of esters is 1. The molecule has 120 valence electrons. The van der Waals surface area contributed by atoms with Crippen LogP contribution in [0, 0.1) is 5.82 Å². The molecule has 0 aliphatic carbocycles. The lowest BCUT2D eigenvalue weighted by atomic mass is 10.2. The van der Waals surface area contributed by atoms with Crippen LogP contribution in [0.4, 0.5) is 4.39 Å². The van der Waals surface area contributed by atoms with Gasteiger partial charge in [-0.15, -0.1) is 10.2 Å². The van der Waals surface area contributed by atoms with E-state index in [1.54, 1.807) is 0 Å². The predicted octanol–water partition coefficient (Wildman–Crippen LogP) is 1.36. The van der Waals surface area contributed by atoms with Crippen LogP contribution >= 0.6 is 0 Å². The minimum Gasteiger partial charge on any atom is -0.493 e. The van der Waals surface area contributed by atoms with Gasteiger partial charge in [-0.3, -0.25) is 0 Å². The van der Waals surface area contributed by atoms with Gasteiger partial charge < -0.3 is 9.47 Å². The number of benzene rings is 1. The number of nitrogens with zero attached hydrogens (tertiary/aromatic N) is 7. The van der Waals surface area contributed by atoms with Crippen molar-refractivity contribution in [3.05, 3.63) is 46.3 Å². The molecule has 0 bridgehead atoms. The molecule has 23 heavy (non-hydrogen) atoms. The summed E-state index contributed by atoms with van der Waals surface area (Å²) in [5.41, 5.74) is 8.36. The minimum absolute atomic E-state index is 0.0252. The van der Waals surface area contributed by atoms with Crippen molar-refractivity contribution >= 4 is 5.97 Å². The van der Waals surface area contributed by atoms with Gasteiger partial charge in [-0.1, -0.05) is 5.11 Å². The molecule has 1 atom stereocenters. The molecule has 1 aromatic heterocycles. The van der Waals surface area contributed by atoms with Gasteiger partial charge in [0, 0.05) is 11.0 Å². The Morgan fingerprint density at radius 2 is 2.39 bits per heavy atom. The number of halogens is 1. The van der Waals surface area contributed by atoms with E-state index in [1.165, 1.54) is 23.3 Å². The molecule has 1 aromatic carbocycles. The number of tetrazole rings is 1. The highest BCUT2D eigenvalue weighted by atomic mass is 19.1. The number of methoxy groups -OCH3 is 1. The van der Waals surface area contributed by atoms with E-state index < -0.39 is 17.8 Å². The van der Waals surface area contributed by atoms with Gasteiger partial charge in [0.1, 0.15) is 11.6 Å². The molecule has 1 heterocycles. The van der Waals surface area contributed by atoms with E-state index in [9.17, 15) is 9.18 Å². The normalized spacial score (nSPS) is 11.4. The Bertz CT molecular complexity index is 715. The first-order valence-corrected chi connectivity index (χ1v) is 6.39. The summed E-state index contributed by atoms with van der Waals surface area (Å²) in [6.07, 6.45) is 1.24. The zero-order valence-electron chi connectivity index (χ0n) is 12.0. The Kier molecular flexibility index (Phi) is 5.42. The summed E-state index contributed by atoms with van der Waals surface area (Å²) in [6.45, 7) is 0.134. The quantitative estimate of drug-likeness (QED) is 0.328. The zero-order valence-corrected chi connectivity index (χ0v) is 12.0. The van der Waals surface area contributed by atoms with E-state index >= 15 is 0 Å². The first kappa shape index (κ1) is 16.2. The maximum Gasteiger partial charge on any atom is 0.340 e. The van der Waals surface area contributed by atoms with Crippen LogP contribution in [-0.2, 0) is 11.3 Å². The van der Waals surface area contributed by atoms with Gasteiger partial charge in [-0.05, 0) is 22.9 Å². The Morgan fingerprint density at radius 3 is 3.00 bits per heavy atom. The smallest absolute Gasteiger partial charge is 0.340 e. The number of carbonyl (C=O) groups is 1. The molecule has 11 heteroatoms. The number of hydrogen-bond acceptors (Lipinski definition) is 7. The largest absolute Gasteiger partial charge is 0.493 e. The lowest BCUT2D eigenvalue weighted by Crippen LogP contribution is -2.23. The number of hydrogen-bond donors (Lipinski definition) is 0. The summed E-state index contributed by atoms with van der Waals surface area (Å²) in [7, 11) is 1.16. The molecule has 2 rings (SSSR count). The fraction of sp³-hybridized carbons (Fsp3) is 0.333. The van der Waals surface area contributed by atoms with Gasteiger partial charge in [0.25, 0.3) is 0 Å². The SMILES string of the molecule is COC(=O)c1ccc(OC[C@@H](Cn2ncnn2)N=[N+]=[N-])cc1F. The molecule has 0 fully saturated rings. The van der Waals surface area contributed by atoms with Crippen LogP contribution in [0.1, 0.15) is 10.4 Å². The van der Waals surface area contributed by atoms with Gasteiger partial charge in [0.2, 0.25) is 0 Å². The van der Waals surface area contributed by atoms with Crippen molar-refractivity contribution in [3.8, 4) is 5.75 Å². The second-order valence-electron chi connectivity index (χ2n) is 4.29. The van der Waals surface area contributed by atoms with E-state index in [-0.39, 0.29) is 24.5 Å². The number of carbonyl (C=O) groups excluding carboxylic acids is 1. The Balaban J connectivity index is 2.01. The lowest BCUT2D eigenvalue weighted by molar-refractivity contribution is 0.0595. The Labute approximate surface area is 129 Å². The molecule has 0 aliphatic heterocycles. The summed E-state index contributed by atoms with van der Waals surface area (Å²) >= 11 is 0. The van der Waals surface area contributed by atoms with Crippen LogP contribution in [0.5, 0.6) is 5.75 Å². The molecule has 0 unspecified atom stereocenters. The average Bonchev–Trinajstić information content (AvgIpc) is 3.05. The third-order valence-corrected chi connectivity index (χ3v) is 2.77. The molecule has 0 radical (unpaired) electrons. The van der Waals surface area contributed by atoms with E-state index in [0.29, 0.717) is 0 Å². The summed E-state index contributed by atoms with van der Waals surface area (Å²) < 4.78 is 23.6. The van der Waals surface area contributed by atoms with Crippen LogP contribution in [0.2, 0.25) is 0 Å². The first-order valence-electron chi connectivity index (χ1n) is 6.39. The number of aromatic nitrogens is 4. The zero-order chi connectivity index (χ0) is 16.7. The van der Waals surface area contributed by atoms with Gasteiger partial charge in [0.05, 0.1) is 31.9 Å². The van der Waals surface area contributed by atoms with Crippen molar-refractivity contribution in [2.24, 2.45) is 5.11 Å². The summed E-state index contributed by atoms with van der Waals surface area (Å²) in [5, 5.41) is 14.5. The van der Waals surface area contributed by atoms with Crippen molar-refractivity contribution in [1.82, 2.24) is 20.2 Å². The maximum atomic E-state index is 13.8. The molecule has 0 amide bonds. The second-order valence-corrected chi connectivity index (χ2v) is 4.29. The Morgan fingerprint density at radius 1 is 1.57 bits per heavy atom. The highest BCUT2D eigenvalue weighted by molar-refractivity contribution is 5.89. The second kappa shape index (κ2) is 7.71. The molecule has 0 saturated heterocycles. The van der Waals surface area contributed by atoms with E-state index in [1.807, 2.05) is 0 Å². The van der Waals surface area contributed by atoms with Crippen molar-refractivity contribution in [1.29, 1.82) is 0 Å². The molecular weight excluding hydrogens is 309 g/mol. The highest BCUT2D eigenvalue weighted by Gasteiger charge is 2.14. The van der Waals surface area contributed by atoms with E-state index in [0.717, 1.165) is 13.2 Å². The fourth-order valence-electron chi connectivity index (χ4n) is 1.71. The number of ether oxygens (including phenoxy) is 2. The van der Waals surface area contributed by atoms with E-state index in [4.69, 9.17) is 10.3 Å². The van der Waals surface area contributed by atoms with Gasteiger partial charge in [-0.2, -0.15) is 4.80 Å². The molecule has 0 aliphatic rings. The molecule has 2 aromatic rings. The monoisotopic (exact) mass is 321 g/mol. The van der Waals surface area contributed by atoms with Crippen LogP contribution in [0.3, 0.4) is 0 Å². The van der Waals surface area contributed by atoms with Crippen molar-refractivity contribution in [2.75, 3.05) is 13.7 Å². The molecule has 0 spiro atoms. The maximum absolute atomic E-state index is 13.8. The third kappa shape index (κ3) is 4.38. The fourth-order valence-corrected chi connectivity index (χ4v) is 1.71. The Hall–Kier alpha value is -3.20. The van der Waals surface area contributed by atoms with Crippen LogP contribution in [0.25, 0.3) is 10.4 Å². The van der Waals surface area contributed by atoms with Gasteiger partial charge >= 0.3 is 5.97 Å². The predicted molar refractivity (Wildman–Crippen MR) is 74.0 cm³/mol. The van der Waals surface area contributed by atoms with Crippen molar-refractivity contribution < 1.29 is 18.7 Å². The third-order valence-electron chi connectivity index (χ3n) is 2.77. The molecule has 10 nitrogen and oxygen atoms in total. The van der Waals surface area contributed by atoms with Crippen LogP contribution in [0.15, 0.2) is 29.6 Å².